The van der Waals surface area contributed by atoms with Crippen molar-refractivity contribution in [2.45, 2.75) is 19.8 Å². The predicted molar refractivity (Wildman–Crippen MR) is 85.8 cm³/mol. The molecule has 2 rings (SSSR count). The molecule has 0 saturated heterocycles. The van der Waals surface area contributed by atoms with Crippen LogP contribution in [0.5, 0.6) is 5.75 Å². The van der Waals surface area contributed by atoms with E-state index in [2.05, 4.69) is 15.9 Å². The molecule has 0 saturated carbocycles. The van der Waals surface area contributed by atoms with Gasteiger partial charge in [-0.15, -0.1) is 0 Å². The number of esters is 1. The summed E-state index contributed by atoms with van der Waals surface area (Å²) in [5, 5.41) is 19.7. The number of nitrogens with two attached hydrogens (primary N) is 1. The molecule has 0 fully saturated rings. The molecule has 0 bridgehead atoms. The Balaban J connectivity index is 2.72. The molecule has 1 unspecified atom stereocenters. The second-order valence-corrected chi connectivity index (χ2v) is 5.71. The summed E-state index contributed by atoms with van der Waals surface area (Å²) < 4.78 is 23.7. The number of hydrogen-bond donors (Lipinski definition) is 2. The molecule has 6 nitrogen and oxygen atoms in total. The molecule has 0 radical (unpaired) electrons. The molecule has 0 aromatic heterocycles. The number of rotatable bonds is 3. The monoisotopic (exact) mass is 396 g/mol. The van der Waals surface area contributed by atoms with Crippen LogP contribution < -0.4 is 5.73 Å². The summed E-state index contributed by atoms with van der Waals surface area (Å²) in [4.78, 5) is 12.3. The molecule has 1 atom stereocenters. The van der Waals surface area contributed by atoms with Gasteiger partial charge in [0, 0.05) is 5.56 Å². The Morgan fingerprint density at radius 2 is 2.25 bits per heavy atom. The average Bonchev–Trinajstić information content (AvgIpc) is 2.52. The van der Waals surface area contributed by atoms with Gasteiger partial charge < -0.3 is 20.3 Å². The molecular formula is C16H14BrFN2O4. The summed E-state index contributed by atoms with van der Waals surface area (Å²) in [6.45, 7) is 3.24. The third kappa shape index (κ3) is 2.95. The number of nitrogens with zero attached hydrogens (tertiary/aromatic N) is 1. The maximum atomic E-state index is 13.6. The highest BCUT2D eigenvalue weighted by Gasteiger charge is 2.38. The van der Waals surface area contributed by atoms with Crippen molar-refractivity contribution in [3.05, 3.63) is 50.8 Å². The van der Waals surface area contributed by atoms with Gasteiger partial charge in [-0.2, -0.15) is 5.26 Å². The van der Waals surface area contributed by atoms with Crippen molar-refractivity contribution in [3.63, 3.8) is 0 Å². The SMILES string of the molecule is CCOC(=O)C1=C(C)OC(N)=C(C#N)C1c1ccc(F)c(Br)c1O. The second-order valence-electron chi connectivity index (χ2n) is 4.91. The van der Waals surface area contributed by atoms with Gasteiger partial charge in [0.25, 0.3) is 0 Å². The van der Waals surface area contributed by atoms with Crippen LogP contribution in [0.25, 0.3) is 0 Å². The van der Waals surface area contributed by atoms with Crippen molar-refractivity contribution in [1.29, 1.82) is 5.26 Å². The van der Waals surface area contributed by atoms with Gasteiger partial charge in [0.05, 0.1) is 22.6 Å². The van der Waals surface area contributed by atoms with Gasteiger partial charge in [-0.25, -0.2) is 9.18 Å². The number of carbonyl (C=O) groups excluding carboxylic acids is 1. The van der Waals surface area contributed by atoms with E-state index < -0.39 is 23.5 Å². The number of phenols is 1. The lowest BCUT2D eigenvalue weighted by molar-refractivity contribution is -0.139. The first-order chi connectivity index (χ1) is 11.3. The van der Waals surface area contributed by atoms with Crippen LogP contribution in [-0.2, 0) is 14.3 Å². The van der Waals surface area contributed by atoms with E-state index in [4.69, 9.17) is 15.2 Å². The minimum Gasteiger partial charge on any atom is -0.506 e. The Morgan fingerprint density at radius 1 is 1.58 bits per heavy atom. The summed E-state index contributed by atoms with van der Waals surface area (Å²) in [5.41, 5.74) is 5.83. The number of ether oxygens (including phenoxy) is 2. The largest absolute Gasteiger partial charge is 0.506 e. The topological polar surface area (TPSA) is 106 Å². The second kappa shape index (κ2) is 6.93. The number of benzene rings is 1. The minimum atomic E-state index is -1.03. The quantitative estimate of drug-likeness (QED) is 0.760. The molecule has 1 aromatic carbocycles. The summed E-state index contributed by atoms with van der Waals surface area (Å²) in [7, 11) is 0. The van der Waals surface area contributed by atoms with Crippen molar-refractivity contribution in [2.24, 2.45) is 5.73 Å². The molecule has 1 aromatic rings. The number of phenolic OH excluding ortho intramolecular Hbond substituents is 1. The minimum absolute atomic E-state index is 0.0245. The van der Waals surface area contributed by atoms with E-state index in [1.54, 1.807) is 6.92 Å². The van der Waals surface area contributed by atoms with Crippen molar-refractivity contribution in [2.75, 3.05) is 6.61 Å². The highest BCUT2D eigenvalue weighted by Crippen LogP contribution is 2.45. The number of nitriles is 1. The lowest BCUT2D eigenvalue weighted by atomic mass is 9.82. The fraction of sp³-hybridized carbons (Fsp3) is 0.250. The van der Waals surface area contributed by atoms with Crippen LogP contribution in [0.15, 0.2) is 39.4 Å². The van der Waals surface area contributed by atoms with Crippen molar-refractivity contribution in [1.82, 2.24) is 0 Å². The summed E-state index contributed by atoms with van der Waals surface area (Å²) in [6.07, 6.45) is 0. The van der Waals surface area contributed by atoms with E-state index in [9.17, 15) is 19.6 Å². The molecule has 1 aliphatic rings. The van der Waals surface area contributed by atoms with Crippen LogP contribution in [0.1, 0.15) is 25.3 Å². The third-order valence-electron chi connectivity index (χ3n) is 3.51. The average molecular weight is 397 g/mol. The van der Waals surface area contributed by atoms with Crippen LogP contribution in [0.4, 0.5) is 4.39 Å². The highest BCUT2D eigenvalue weighted by atomic mass is 79.9. The van der Waals surface area contributed by atoms with Crippen molar-refractivity contribution in [3.8, 4) is 11.8 Å². The summed E-state index contributed by atoms with van der Waals surface area (Å²) in [5.74, 6) is -2.89. The first-order valence-corrected chi connectivity index (χ1v) is 7.75. The molecule has 24 heavy (non-hydrogen) atoms. The number of hydrogen-bond acceptors (Lipinski definition) is 6. The van der Waals surface area contributed by atoms with Gasteiger partial charge in [-0.05, 0) is 35.8 Å². The van der Waals surface area contributed by atoms with Crippen LogP contribution >= 0.6 is 15.9 Å². The van der Waals surface area contributed by atoms with E-state index in [-0.39, 0.29) is 39.4 Å². The zero-order chi connectivity index (χ0) is 18.0. The zero-order valence-corrected chi connectivity index (χ0v) is 14.5. The molecule has 1 heterocycles. The number of aromatic hydroxyl groups is 1. The van der Waals surface area contributed by atoms with E-state index in [0.29, 0.717) is 0 Å². The Labute approximate surface area is 146 Å². The third-order valence-corrected chi connectivity index (χ3v) is 4.27. The van der Waals surface area contributed by atoms with Gasteiger partial charge in [0.15, 0.2) is 0 Å². The van der Waals surface area contributed by atoms with Crippen molar-refractivity contribution < 1.29 is 23.8 Å². The Morgan fingerprint density at radius 3 is 2.83 bits per heavy atom. The standard InChI is InChI=1S/C16H14BrFN2O4/c1-3-23-16(22)11-7(2)24-15(20)9(6-19)12(11)8-4-5-10(18)13(17)14(8)21/h4-5,12,21H,3,20H2,1-2H3. The van der Waals surface area contributed by atoms with E-state index in [0.717, 1.165) is 6.07 Å². The molecule has 8 heteroatoms. The van der Waals surface area contributed by atoms with E-state index in [1.165, 1.54) is 13.0 Å². The van der Waals surface area contributed by atoms with Gasteiger partial charge in [0.2, 0.25) is 5.88 Å². The van der Waals surface area contributed by atoms with Gasteiger partial charge >= 0.3 is 5.97 Å². The van der Waals surface area contributed by atoms with E-state index >= 15 is 0 Å². The van der Waals surface area contributed by atoms with Gasteiger partial charge in [-0.1, -0.05) is 6.07 Å². The fourth-order valence-electron chi connectivity index (χ4n) is 2.45. The van der Waals surface area contributed by atoms with Crippen LogP contribution in [-0.4, -0.2) is 17.7 Å². The van der Waals surface area contributed by atoms with E-state index in [1.807, 2.05) is 6.07 Å². The van der Waals surface area contributed by atoms with Gasteiger partial charge in [0.1, 0.15) is 29.0 Å². The molecule has 3 N–H and O–H groups in total. The summed E-state index contributed by atoms with van der Waals surface area (Å²) >= 11 is 2.94. The molecule has 0 amide bonds. The lowest BCUT2D eigenvalue weighted by Gasteiger charge is -2.27. The number of allylic oxidation sites excluding steroid dienone is 2. The normalized spacial score (nSPS) is 17.4. The van der Waals surface area contributed by atoms with Crippen LogP contribution in [0.3, 0.4) is 0 Å². The molecule has 0 aliphatic carbocycles. The molecule has 1 aliphatic heterocycles. The highest BCUT2D eigenvalue weighted by molar-refractivity contribution is 9.10. The maximum absolute atomic E-state index is 13.6. The molecule has 126 valence electrons. The Bertz CT molecular complexity index is 811. The predicted octanol–water partition coefficient (Wildman–Crippen LogP) is 2.94. The molecular weight excluding hydrogens is 383 g/mol. The fourth-order valence-corrected chi connectivity index (χ4v) is 2.81. The number of halogens is 2. The summed E-state index contributed by atoms with van der Waals surface area (Å²) in [6, 6.07) is 4.27. The zero-order valence-electron chi connectivity index (χ0n) is 12.9. The lowest BCUT2D eigenvalue weighted by Crippen LogP contribution is -2.25. The Kier molecular flexibility index (Phi) is 5.14. The van der Waals surface area contributed by atoms with Crippen LogP contribution in [0.2, 0.25) is 0 Å². The van der Waals surface area contributed by atoms with Crippen LogP contribution in [0, 0.1) is 17.1 Å². The van der Waals surface area contributed by atoms with Crippen molar-refractivity contribution >= 4 is 21.9 Å². The number of carbonyl (C=O) groups is 1. The maximum Gasteiger partial charge on any atom is 0.338 e. The Hall–Kier alpha value is -2.53. The first kappa shape index (κ1) is 17.8. The smallest absolute Gasteiger partial charge is 0.338 e. The van der Waals surface area contributed by atoms with Gasteiger partial charge in [-0.3, -0.25) is 0 Å². The molecule has 0 spiro atoms. The first-order valence-electron chi connectivity index (χ1n) is 6.95.